The van der Waals surface area contributed by atoms with Crippen molar-refractivity contribution in [3.63, 3.8) is 0 Å². The van der Waals surface area contributed by atoms with Gasteiger partial charge in [-0.05, 0) is 37.8 Å². The Balaban J connectivity index is 1.95. The van der Waals surface area contributed by atoms with Crippen molar-refractivity contribution in [1.29, 1.82) is 0 Å². The lowest BCUT2D eigenvalue weighted by Gasteiger charge is -2.30. The van der Waals surface area contributed by atoms with E-state index in [0.717, 1.165) is 18.2 Å². The Labute approximate surface area is 270 Å². The van der Waals surface area contributed by atoms with Gasteiger partial charge in [0.15, 0.2) is 0 Å². The molecule has 0 fully saturated rings. The molecule has 44 heavy (non-hydrogen) atoms. The van der Waals surface area contributed by atoms with E-state index in [2.05, 4.69) is 45.3 Å². The van der Waals surface area contributed by atoms with Crippen LogP contribution in [0.3, 0.4) is 0 Å². The van der Waals surface area contributed by atoms with E-state index in [-0.39, 0.29) is 22.5 Å². The molecule has 0 bridgehead atoms. The molecule has 0 aliphatic carbocycles. The lowest BCUT2D eigenvalue weighted by molar-refractivity contribution is 0.148. The largest absolute Gasteiger partial charge is 0.495 e. The van der Waals surface area contributed by atoms with Crippen molar-refractivity contribution in [2.24, 2.45) is 5.84 Å². The van der Waals surface area contributed by atoms with E-state index < -0.39 is 14.1 Å². The molecule has 3 aromatic rings. The molecule has 0 spiro atoms. The zero-order chi connectivity index (χ0) is 32.6. The predicted octanol–water partition coefficient (Wildman–Crippen LogP) is 6.27. The highest BCUT2D eigenvalue weighted by atomic mass is 35.5. The van der Waals surface area contributed by atoms with Crippen LogP contribution in [0, 0.1) is 0 Å². The summed E-state index contributed by atoms with van der Waals surface area (Å²) in [6, 6.07) is 9.47. The molecule has 2 amide bonds. The van der Waals surface area contributed by atoms with Crippen molar-refractivity contribution in [2.45, 2.75) is 32.2 Å². The summed E-state index contributed by atoms with van der Waals surface area (Å²) < 4.78 is 16.9. The molecule has 240 valence electrons. The number of methoxy groups -OCH3 is 2. The molecule has 1 aromatic heterocycles. The van der Waals surface area contributed by atoms with Crippen LogP contribution < -0.4 is 35.9 Å². The summed E-state index contributed by atoms with van der Waals surface area (Å²) in [4.78, 5) is 27.5. The third-order valence-corrected chi connectivity index (χ3v) is 8.99. The minimum absolute atomic E-state index is 0.121. The number of carbonyl (C=O) groups is 1. The lowest BCUT2D eigenvalue weighted by atomic mass is 10.1. The number of aromatic nitrogens is 2. The topological polar surface area (TPSA) is 130 Å². The minimum atomic E-state index is -1.39. The standard InChI is InChI=1S/C29H42Cl2N8O4Si/c1-37(2)16-19-9-10-20(21(13-19)36-32)35-24-15-25(34-17-33-24)38(3)29(40)39(18-43-11-12-44(6,7)8)28-26(30)22(41-4)14-23(42-5)27(28)31/h9-10,13-15,17,36H,11-12,16,18,32H2,1-8H3,(H,33,34,35). The van der Waals surface area contributed by atoms with Gasteiger partial charge in [-0.2, -0.15) is 0 Å². The van der Waals surface area contributed by atoms with Crippen molar-refractivity contribution in [3.05, 3.63) is 52.3 Å². The maximum atomic E-state index is 14.1. The molecule has 12 nitrogen and oxygen atoms in total. The van der Waals surface area contributed by atoms with Gasteiger partial charge < -0.3 is 29.9 Å². The first-order valence-corrected chi connectivity index (χ1v) is 18.3. The van der Waals surface area contributed by atoms with Crippen LogP contribution in [-0.2, 0) is 11.3 Å². The highest BCUT2D eigenvalue weighted by Gasteiger charge is 2.30. The van der Waals surface area contributed by atoms with E-state index in [0.29, 0.717) is 41.1 Å². The summed E-state index contributed by atoms with van der Waals surface area (Å²) in [5, 5.41) is 3.52. The van der Waals surface area contributed by atoms with Crippen molar-refractivity contribution < 1.29 is 19.0 Å². The zero-order valence-corrected chi connectivity index (χ0v) is 29.0. The Hall–Kier alpha value is -3.33. The number of nitrogens with one attached hydrogen (secondary N) is 2. The monoisotopic (exact) mass is 664 g/mol. The highest BCUT2D eigenvalue weighted by Crippen LogP contribution is 2.46. The normalized spacial score (nSPS) is 11.4. The van der Waals surface area contributed by atoms with Gasteiger partial charge in [0.05, 0.1) is 31.3 Å². The number of hydrogen-bond acceptors (Lipinski definition) is 10. The van der Waals surface area contributed by atoms with Crippen LogP contribution in [0.5, 0.6) is 11.5 Å². The van der Waals surface area contributed by atoms with Crippen LogP contribution in [0.1, 0.15) is 5.56 Å². The number of nitrogens with zero attached hydrogens (tertiary/aromatic N) is 5. The van der Waals surface area contributed by atoms with Crippen LogP contribution in [0.2, 0.25) is 35.7 Å². The Morgan fingerprint density at radius 1 is 0.977 bits per heavy atom. The fraction of sp³-hybridized carbons (Fsp3) is 0.414. The number of amides is 2. The van der Waals surface area contributed by atoms with Gasteiger partial charge >= 0.3 is 6.03 Å². The van der Waals surface area contributed by atoms with Crippen molar-refractivity contribution in [3.8, 4) is 11.5 Å². The number of nitrogens with two attached hydrogens (primary N) is 1. The average molecular weight is 666 g/mol. The van der Waals surface area contributed by atoms with Crippen LogP contribution in [-0.4, -0.2) is 77.7 Å². The number of halogens is 2. The molecule has 0 saturated heterocycles. The summed E-state index contributed by atoms with van der Waals surface area (Å²) in [6.07, 6.45) is 1.36. The highest BCUT2D eigenvalue weighted by molar-refractivity contribution is 6.76. The van der Waals surface area contributed by atoms with Crippen LogP contribution in [0.25, 0.3) is 0 Å². The molecule has 15 heteroatoms. The fourth-order valence-corrected chi connectivity index (χ4v) is 5.62. The van der Waals surface area contributed by atoms with E-state index >= 15 is 0 Å². The molecule has 2 aromatic carbocycles. The lowest BCUT2D eigenvalue weighted by Crippen LogP contribution is -2.43. The number of urea groups is 1. The first-order chi connectivity index (χ1) is 20.8. The van der Waals surface area contributed by atoms with E-state index in [4.69, 9.17) is 43.3 Å². The number of rotatable bonds is 14. The number of benzene rings is 2. The first-order valence-electron chi connectivity index (χ1n) is 13.9. The predicted molar refractivity (Wildman–Crippen MR) is 182 cm³/mol. The summed E-state index contributed by atoms with van der Waals surface area (Å²) in [6.45, 7) is 7.85. The number of hydrazine groups is 1. The molecule has 0 atom stereocenters. The van der Waals surface area contributed by atoms with Gasteiger partial charge in [-0.3, -0.25) is 15.6 Å². The van der Waals surface area contributed by atoms with Gasteiger partial charge in [-0.1, -0.05) is 48.9 Å². The maximum absolute atomic E-state index is 14.1. The summed E-state index contributed by atoms with van der Waals surface area (Å²) in [5.41, 5.74) is 5.39. The number of ether oxygens (including phenoxy) is 3. The number of hydrogen-bond donors (Lipinski definition) is 3. The molecule has 0 saturated carbocycles. The zero-order valence-electron chi connectivity index (χ0n) is 26.5. The van der Waals surface area contributed by atoms with Gasteiger partial charge in [0.2, 0.25) is 0 Å². The third-order valence-electron chi connectivity index (χ3n) is 6.55. The molecule has 1 heterocycles. The average Bonchev–Trinajstić information content (AvgIpc) is 2.97. The van der Waals surface area contributed by atoms with Crippen LogP contribution in [0.4, 0.5) is 33.5 Å². The van der Waals surface area contributed by atoms with Crippen LogP contribution >= 0.6 is 23.2 Å². The number of anilines is 5. The van der Waals surface area contributed by atoms with Crippen LogP contribution in [0.15, 0.2) is 36.7 Å². The van der Waals surface area contributed by atoms with Crippen molar-refractivity contribution >= 4 is 66.0 Å². The summed E-state index contributed by atoms with van der Waals surface area (Å²) >= 11 is 13.4. The Bertz CT molecular complexity index is 1410. The second-order valence-corrected chi connectivity index (χ2v) is 17.9. The maximum Gasteiger partial charge on any atom is 0.331 e. The first kappa shape index (κ1) is 35.1. The molecule has 0 aliphatic rings. The molecule has 0 radical (unpaired) electrons. The Morgan fingerprint density at radius 2 is 1.64 bits per heavy atom. The second-order valence-electron chi connectivity index (χ2n) is 11.5. The van der Waals surface area contributed by atoms with Crippen molar-refractivity contribution in [1.82, 2.24) is 14.9 Å². The van der Waals surface area contributed by atoms with Gasteiger partial charge in [-0.25, -0.2) is 14.8 Å². The number of nitrogen functional groups attached to an aromatic ring is 1. The van der Waals surface area contributed by atoms with E-state index in [9.17, 15) is 4.79 Å². The molecule has 4 N–H and O–H groups in total. The van der Waals surface area contributed by atoms with Gasteiger partial charge in [0.1, 0.15) is 46.2 Å². The Morgan fingerprint density at radius 3 is 2.20 bits per heavy atom. The third kappa shape index (κ3) is 9.09. The Kier molecular flexibility index (Phi) is 12.5. The fourth-order valence-electron chi connectivity index (χ4n) is 4.16. The molecular weight excluding hydrogens is 623 g/mol. The molecule has 0 aliphatic heterocycles. The molecule has 3 rings (SSSR count). The van der Waals surface area contributed by atoms with Crippen molar-refractivity contribution in [2.75, 3.05) is 69.2 Å². The minimum Gasteiger partial charge on any atom is -0.495 e. The van der Waals surface area contributed by atoms with Gasteiger partial charge in [0.25, 0.3) is 0 Å². The molecular formula is C29H42Cl2N8O4Si. The van der Waals surface area contributed by atoms with Gasteiger partial charge in [0, 0.05) is 40.4 Å². The van der Waals surface area contributed by atoms with Gasteiger partial charge in [-0.15, -0.1) is 0 Å². The smallest absolute Gasteiger partial charge is 0.331 e. The second kappa shape index (κ2) is 15.6. The van der Waals surface area contributed by atoms with E-state index in [1.165, 1.54) is 30.3 Å². The van der Waals surface area contributed by atoms with E-state index in [1.807, 2.05) is 32.3 Å². The van der Waals surface area contributed by atoms with E-state index in [1.54, 1.807) is 19.2 Å². The quantitative estimate of drug-likeness (QED) is 0.0596. The number of carbonyl (C=O) groups excluding carboxylic acids is 1. The summed E-state index contributed by atoms with van der Waals surface area (Å²) in [5.74, 6) is 7.15. The SMILES string of the molecule is COc1cc(OC)c(Cl)c(N(COCC[Si](C)(C)C)C(=O)N(C)c2cc(Nc3ccc(CN(C)C)cc3NN)ncn2)c1Cl. The molecule has 0 unspecified atom stereocenters. The summed E-state index contributed by atoms with van der Waals surface area (Å²) in [7, 11) is 7.13.